The Morgan fingerprint density at radius 2 is 2.24 bits per heavy atom. The van der Waals surface area contributed by atoms with Crippen LogP contribution in [0.5, 0.6) is 0 Å². The van der Waals surface area contributed by atoms with Crippen molar-refractivity contribution in [3.63, 3.8) is 0 Å². The standard InChI is InChI=1S/C14H21N3O3S/c1-4-8-5-6-17(7-8)13-9(14(19)20-3)10(15)11(21-13)12(18)16-2/h8H,4-7,15H2,1-3H3,(H,16,18). The Kier molecular flexibility index (Phi) is 4.72. The highest BCUT2D eigenvalue weighted by atomic mass is 32.1. The van der Waals surface area contributed by atoms with E-state index < -0.39 is 5.97 Å². The quantitative estimate of drug-likeness (QED) is 0.827. The van der Waals surface area contributed by atoms with Crippen LogP contribution in [0.15, 0.2) is 0 Å². The molecular weight excluding hydrogens is 290 g/mol. The topological polar surface area (TPSA) is 84.7 Å². The van der Waals surface area contributed by atoms with Gasteiger partial charge < -0.3 is 20.7 Å². The fourth-order valence-corrected chi connectivity index (χ4v) is 3.78. The Morgan fingerprint density at radius 1 is 1.52 bits per heavy atom. The summed E-state index contributed by atoms with van der Waals surface area (Å²) < 4.78 is 4.83. The van der Waals surface area contributed by atoms with Crippen LogP contribution in [0, 0.1) is 5.92 Å². The number of nitrogen functional groups attached to an aromatic ring is 1. The van der Waals surface area contributed by atoms with Crippen LogP contribution in [0.3, 0.4) is 0 Å². The lowest BCUT2D eigenvalue weighted by Crippen LogP contribution is -2.21. The van der Waals surface area contributed by atoms with E-state index in [9.17, 15) is 9.59 Å². The van der Waals surface area contributed by atoms with Crippen molar-refractivity contribution in [3.8, 4) is 0 Å². The number of nitrogens with one attached hydrogen (secondary N) is 1. The lowest BCUT2D eigenvalue weighted by atomic mass is 10.1. The number of ether oxygens (including phenoxy) is 1. The van der Waals surface area contributed by atoms with Gasteiger partial charge in [0.1, 0.15) is 15.4 Å². The van der Waals surface area contributed by atoms with Crippen LogP contribution in [0.4, 0.5) is 10.7 Å². The van der Waals surface area contributed by atoms with Crippen molar-refractivity contribution in [1.82, 2.24) is 5.32 Å². The molecule has 1 aromatic heterocycles. The molecular formula is C14H21N3O3S. The molecule has 1 atom stereocenters. The average molecular weight is 311 g/mol. The van der Waals surface area contributed by atoms with Crippen LogP contribution >= 0.6 is 11.3 Å². The van der Waals surface area contributed by atoms with Gasteiger partial charge in [0, 0.05) is 20.1 Å². The second-order valence-electron chi connectivity index (χ2n) is 5.10. The molecule has 0 bridgehead atoms. The molecule has 7 heteroatoms. The second-order valence-corrected chi connectivity index (χ2v) is 6.10. The molecule has 1 aliphatic heterocycles. The number of nitrogens with zero attached hydrogens (tertiary/aromatic N) is 1. The summed E-state index contributed by atoms with van der Waals surface area (Å²) in [5.74, 6) is -0.156. The third kappa shape index (κ3) is 2.83. The molecule has 0 aliphatic carbocycles. The summed E-state index contributed by atoms with van der Waals surface area (Å²) in [5.41, 5.74) is 6.54. The van der Waals surface area contributed by atoms with Gasteiger partial charge in [-0.25, -0.2) is 4.79 Å². The molecule has 116 valence electrons. The van der Waals surface area contributed by atoms with E-state index in [1.165, 1.54) is 18.4 Å². The third-order valence-electron chi connectivity index (χ3n) is 3.90. The summed E-state index contributed by atoms with van der Waals surface area (Å²) in [4.78, 5) is 26.4. The molecule has 1 fully saturated rings. The highest BCUT2D eigenvalue weighted by molar-refractivity contribution is 7.19. The molecule has 1 saturated heterocycles. The Bertz CT molecular complexity index is 556. The van der Waals surface area contributed by atoms with Gasteiger partial charge in [0.2, 0.25) is 0 Å². The lowest BCUT2D eigenvalue weighted by Gasteiger charge is -2.17. The van der Waals surface area contributed by atoms with E-state index in [0.717, 1.165) is 30.9 Å². The number of amides is 1. The largest absolute Gasteiger partial charge is 0.465 e. The summed E-state index contributed by atoms with van der Waals surface area (Å²) in [6, 6.07) is 0. The van der Waals surface area contributed by atoms with Crippen LogP contribution in [0.1, 0.15) is 39.8 Å². The monoisotopic (exact) mass is 311 g/mol. The van der Waals surface area contributed by atoms with Crippen molar-refractivity contribution in [2.75, 3.05) is 37.9 Å². The maximum atomic E-state index is 12.0. The van der Waals surface area contributed by atoms with E-state index in [4.69, 9.17) is 10.5 Å². The molecule has 0 radical (unpaired) electrons. The summed E-state index contributed by atoms with van der Waals surface area (Å²) in [6.45, 7) is 3.91. The van der Waals surface area contributed by atoms with Crippen molar-refractivity contribution >= 4 is 33.9 Å². The molecule has 0 spiro atoms. The van der Waals surface area contributed by atoms with Crippen LogP contribution in [-0.2, 0) is 4.74 Å². The molecule has 1 aromatic rings. The maximum Gasteiger partial charge on any atom is 0.343 e. The number of thiophene rings is 1. The summed E-state index contributed by atoms with van der Waals surface area (Å²) in [6.07, 6.45) is 2.19. The minimum Gasteiger partial charge on any atom is -0.465 e. The third-order valence-corrected chi connectivity index (χ3v) is 5.16. The van der Waals surface area contributed by atoms with Gasteiger partial charge in [-0.1, -0.05) is 13.3 Å². The minimum atomic E-state index is -0.492. The fraction of sp³-hybridized carbons (Fsp3) is 0.571. The Balaban J connectivity index is 2.44. The van der Waals surface area contributed by atoms with Crippen molar-refractivity contribution in [2.24, 2.45) is 5.92 Å². The molecule has 1 aliphatic rings. The molecule has 6 nitrogen and oxygen atoms in total. The van der Waals surface area contributed by atoms with E-state index in [-0.39, 0.29) is 11.6 Å². The van der Waals surface area contributed by atoms with Gasteiger partial charge in [-0.3, -0.25) is 4.79 Å². The summed E-state index contributed by atoms with van der Waals surface area (Å²) >= 11 is 1.26. The molecule has 21 heavy (non-hydrogen) atoms. The van der Waals surface area contributed by atoms with E-state index >= 15 is 0 Å². The molecule has 0 aromatic carbocycles. The predicted octanol–water partition coefficient (Wildman–Crippen LogP) is 1.71. The normalized spacial score (nSPS) is 17.9. The van der Waals surface area contributed by atoms with Gasteiger partial charge in [-0.05, 0) is 12.3 Å². The highest BCUT2D eigenvalue weighted by Crippen LogP contribution is 2.41. The fourth-order valence-electron chi connectivity index (χ4n) is 2.59. The number of nitrogens with two attached hydrogens (primary N) is 1. The Morgan fingerprint density at radius 3 is 2.76 bits per heavy atom. The molecule has 2 heterocycles. The van der Waals surface area contributed by atoms with E-state index in [1.807, 2.05) is 0 Å². The van der Waals surface area contributed by atoms with Gasteiger partial charge in [0.15, 0.2) is 0 Å². The average Bonchev–Trinajstić information content (AvgIpc) is 3.09. The van der Waals surface area contributed by atoms with Crippen molar-refractivity contribution < 1.29 is 14.3 Å². The second kappa shape index (κ2) is 6.34. The Hall–Kier alpha value is -1.76. The number of anilines is 2. The van der Waals surface area contributed by atoms with Gasteiger partial charge >= 0.3 is 5.97 Å². The van der Waals surface area contributed by atoms with Gasteiger partial charge in [-0.15, -0.1) is 11.3 Å². The van der Waals surface area contributed by atoms with Gasteiger partial charge in [0.25, 0.3) is 5.91 Å². The van der Waals surface area contributed by atoms with Crippen molar-refractivity contribution in [3.05, 3.63) is 10.4 Å². The molecule has 1 unspecified atom stereocenters. The molecule has 2 rings (SSSR count). The maximum absolute atomic E-state index is 12.0. The summed E-state index contributed by atoms with van der Waals surface area (Å²) in [5, 5.41) is 3.30. The predicted molar refractivity (Wildman–Crippen MR) is 84.1 cm³/mol. The Labute approximate surface area is 128 Å². The van der Waals surface area contributed by atoms with Crippen LogP contribution in [-0.4, -0.2) is 39.1 Å². The van der Waals surface area contributed by atoms with Crippen LogP contribution in [0.2, 0.25) is 0 Å². The zero-order valence-corrected chi connectivity index (χ0v) is 13.4. The van der Waals surface area contributed by atoms with E-state index in [1.54, 1.807) is 7.05 Å². The number of methoxy groups -OCH3 is 1. The van der Waals surface area contributed by atoms with Crippen molar-refractivity contribution in [1.29, 1.82) is 0 Å². The van der Waals surface area contributed by atoms with Crippen LogP contribution < -0.4 is 16.0 Å². The van der Waals surface area contributed by atoms with E-state index in [2.05, 4.69) is 17.1 Å². The first-order valence-corrected chi connectivity index (χ1v) is 7.82. The number of esters is 1. The molecule has 1 amide bonds. The first kappa shape index (κ1) is 15.6. The number of rotatable bonds is 4. The molecule has 3 N–H and O–H groups in total. The first-order chi connectivity index (χ1) is 10.0. The highest BCUT2D eigenvalue weighted by Gasteiger charge is 2.31. The van der Waals surface area contributed by atoms with Gasteiger partial charge in [-0.2, -0.15) is 0 Å². The first-order valence-electron chi connectivity index (χ1n) is 7.01. The zero-order chi connectivity index (χ0) is 15.6. The number of carbonyl (C=O) groups excluding carboxylic acids is 2. The smallest absolute Gasteiger partial charge is 0.343 e. The molecule has 0 saturated carbocycles. The number of carbonyl (C=O) groups is 2. The minimum absolute atomic E-state index is 0.209. The number of hydrogen-bond donors (Lipinski definition) is 2. The summed E-state index contributed by atoms with van der Waals surface area (Å²) in [7, 11) is 2.86. The van der Waals surface area contributed by atoms with Crippen LogP contribution in [0.25, 0.3) is 0 Å². The van der Waals surface area contributed by atoms with Crippen molar-refractivity contribution in [2.45, 2.75) is 19.8 Å². The van der Waals surface area contributed by atoms with Gasteiger partial charge in [0.05, 0.1) is 12.8 Å². The van der Waals surface area contributed by atoms with E-state index in [0.29, 0.717) is 16.4 Å². The lowest BCUT2D eigenvalue weighted by molar-refractivity contribution is 0.0603. The SMILES string of the molecule is CCC1CCN(c2sc(C(=O)NC)c(N)c2C(=O)OC)C1. The zero-order valence-electron chi connectivity index (χ0n) is 12.6. The number of hydrogen-bond acceptors (Lipinski definition) is 6.